The van der Waals surface area contributed by atoms with E-state index in [0.29, 0.717) is 11.0 Å². The zero-order chi connectivity index (χ0) is 24.6. The lowest BCUT2D eigenvalue weighted by Crippen LogP contribution is -2.21. The van der Waals surface area contributed by atoms with Gasteiger partial charge in [0.15, 0.2) is 11.0 Å². The summed E-state index contributed by atoms with van der Waals surface area (Å²) in [6.45, 7) is 6.13. The number of nitrogens with one attached hydrogen (secondary N) is 1. The van der Waals surface area contributed by atoms with Crippen LogP contribution in [0.3, 0.4) is 0 Å². The highest BCUT2D eigenvalue weighted by Crippen LogP contribution is 2.29. The van der Waals surface area contributed by atoms with Crippen molar-refractivity contribution in [3.8, 4) is 22.8 Å². The molecule has 0 spiro atoms. The number of aromatic nitrogens is 4. The second-order valence-electron chi connectivity index (χ2n) is 7.63. The molecule has 8 nitrogen and oxygen atoms in total. The molecule has 2 aromatic heterocycles. The Balaban J connectivity index is 1.51. The molecule has 4 aromatic rings. The Bertz CT molecular complexity index is 1240. The number of nitrogens with zero attached hydrogens (tertiary/aromatic N) is 5. The largest absolute Gasteiger partial charge is 0.497 e. The van der Waals surface area contributed by atoms with Crippen molar-refractivity contribution >= 4 is 29.0 Å². The van der Waals surface area contributed by atoms with Crippen molar-refractivity contribution in [1.29, 1.82) is 0 Å². The standard InChI is InChI=1S/C26H28N6O2S/c1-4-31(5-2)21-8-6-20(7-9-21)28-24(33)18-35-26-30-29-25(19-14-16-27-17-15-19)32(26)22-10-12-23(34-3)13-11-22/h6-17H,4-5,18H2,1-3H3,(H,28,33). The highest BCUT2D eigenvalue weighted by atomic mass is 32.2. The van der Waals surface area contributed by atoms with Crippen LogP contribution in [0, 0.1) is 0 Å². The molecular weight excluding hydrogens is 460 g/mol. The summed E-state index contributed by atoms with van der Waals surface area (Å²) in [5.74, 6) is 1.52. The zero-order valence-electron chi connectivity index (χ0n) is 20.0. The molecular formula is C26H28N6O2S. The number of carbonyl (C=O) groups is 1. The van der Waals surface area contributed by atoms with Crippen molar-refractivity contribution in [3.63, 3.8) is 0 Å². The minimum atomic E-state index is -0.111. The molecule has 0 saturated heterocycles. The van der Waals surface area contributed by atoms with E-state index in [4.69, 9.17) is 4.74 Å². The summed E-state index contributed by atoms with van der Waals surface area (Å²) in [7, 11) is 1.63. The Morgan fingerprint density at radius 2 is 1.66 bits per heavy atom. The third kappa shape index (κ3) is 5.81. The van der Waals surface area contributed by atoms with Gasteiger partial charge in [-0.15, -0.1) is 10.2 Å². The van der Waals surface area contributed by atoms with Crippen LogP contribution in [0.2, 0.25) is 0 Å². The molecule has 2 heterocycles. The third-order valence-corrected chi connectivity index (χ3v) is 6.44. The molecule has 9 heteroatoms. The smallest absolute Gasteiger partial charge is 0.234 e. The second-order valence-corrected chi connectivity index (χ2v) is 8.57. The monoisotopic (exact) mass is 488 g/mol. The fourth-order valence-corrected chi connectivity index (χ4v) is 4.44. The number of thioether (sulfide) groups is 1. The predicted octanol–water partition coefficient (Wildman–Crippen LogP) is 4.91. The number of amides is 1. The number of carbonyl (C=O) groups excluding carboxylic acids is 1. The zero-order valence-corrected chi connectivity index (χ0v) is 20.8. The van der Waals surface area contributed by atoms with Gasteiger partial charge in [-0.25, -0.2) is 0 Å². The predicted molar refractivity (Wildman–Crippen MR) is 140 cm³/mol. The Morgan fingerprint density at radius 3 is 2.29 bits per heavy atom. The van der Waals surface area contributed by atoms with E-state index in [2.05, 4.69) is 39.2 Å². The van der Waals surface area contributed by atoms with Gasteiger partial charge in [0.05, 0.1) is 12.9 Å². The molecule has 4 rings (SSSR count). The van der Waals surface area contributed by atoms with Gasteiger partial charge in [0.1, 0.15) is 5.75 Å². The first kappa shape index (κ1) is 24.3. The van der Waals surface area contributed by atoms with Crippen LogP contribution in [-0.2, 0) is 4.79 Å². The van der Waals surface area contributed by atoms with E-state index >= 15 is 0 Å². The summed E-state index contributed by atoms with van der Waals surface area (Å²) < 4.78 is 7.23. The molecule has 0 unspecified atom stereocenters. The number of rotatable bonds is 10. The van der Waals surface area contributed by atoms with Crippen LogP contribution in [0.1, 0.15) is 13.8 Å². The van der Waals surface area contributed by atoms with Crippen molar-refractivity contribution < 1.29 is 9.53 Å². The van der Waals surface area contributed by atoms with Gasteiger partial charge in [-0.1, -0.05) is 11.8 Å². The number of hydrogen-bond acceptors (Lipinski definition) is 7. The summed E-state index contributed by atoms with van der Waals surface area (Å²) >= 11 is 1.33. The molecule has 0 fully saturated rings. The second kappa shape index (κ2) is 11.5. The van der Waals surface area contributed by atoms with Crippen molar-refractivity contribution in [3.05, 3.63) is 73.1 Å². The molecule has 1 N–H and O–H groups in total. The van der Waals surface area contributed by atoms with Crippen LogP contribution in [-0.4, -0.2) is 51.6 Å². The van der Waals surface area contributed by atoms with Gasteiger partial charge in [-0.05, 0) is 74.5 Å². The van der Waals surface area contributed by atoms with Crippen molar-refractivity contribution in [2.45, 2.75) is 19.0 Å². The van der Waals surface area contributed by atoms with Crippen LogP contribution in [0.15, 0.2) is 78.2 Å². The molecule has 0 radical (unpaired) electrons. The maximum Gasteiger partial charge on any atom is 0.234 e. The fourth-order valence-electron chi connectivity index (χ4n) is 3.69. The highest BCUT2D eigenvalue weighted by molar-refractivity contribution is 7.99. The van der Waals surface area contributed by atoms with Gasteiger partial charge >= 0.3 is 0 Å². The molecule has 0 aliphatic heterocycles. The Kier molecular flexibility index (Phi) is 7.99. The Labute approximate surface area is 209 Å². The van der Waals surface area contributed by atoms with Crippen molar-refractivity contribution in [2.75, 3.05) is 36.2 Å². The van der Waals surface area contributed by atoms with E-state index in [-0.39, 0.29) is 11.7 Å². The van der Waals surface area contributed by atoms with E-state index < -0.39 is 0 Å². The van der Waals surface area contributed by atoms with Gasteiger partial charge in [0.2, 0.25) is 5.91 Å². The van der Waals surface area contributed by atoms with E-state index in [9.17, 15) is 4.79 Å². The fraction of sp³-hybridized carbons (Fsp3) is 0.231. The van der Waals surface area contributed by atoms with Crippen LogP contribution < -0.4 is 15.0 Å². The summed E-state index contributed by atoms with van der Waals surface area (Å²) in [6, 6.07) is 19.3. The SMILES string of the molecule is CCN(CC)c1ccc(NC(=O)CSc2nnc(-c3ccncc3)n2-c2ccc(OC)cc2)cc1. The molecule has 0 aliphatic rings. The van der Waals surface area contributed by atoms with E-state index in [1.807, 2.05) is 65.2 Å². The minimum Gasteiger partial charge on any atom is -0.497 e. The maximum absolute atomic E-state index is 12.7. The highest BCUT2D eigenvalue weighted by Gasteiger charge is 2.17. The average Bonchev–Trinajstić information content (AvgIpc) is 3.34. The number of pyridine rings is 1. The normalized spacial score (nSPS) is 10.7. The van der Waals surface area contributed by atoms with E-state index in [0.717, 1.165) is 41.5 Å². The summed E-state index contributed by atoms with van der Waals surface area (Å²) in [4.78, 5) is 19.1. The lowest BCUT2D eigenvalue weighted by Gasteiger charge is -2.21. The van der Waals surface area contributed by atoms with Crippen LogP contribution >= 0.6 is 11.8 Å². The lowest BCUT2D eigenvalue weighted by molar-refractivity contribution is -0.113. The Hall–Kier alpha value is -3.85. The molecule has 180 valence electrons. The quantitative estimate of drug-likeness (QED) is 0.317. The van der Waals surface area contributed by atoms with Gasteiger partial charge in [-0.2, -0.15) is 0 Å². The number of methoxy groups -OCH3 is 1. The van der Waals surface area contributed by atoms with Gasteiger partial charge in [-0.3, -0.25) is 14.3 Å². The van der Waals surface area contributed by atoms with E-state index in [1.54, 1.807) is 19.5 Å². The molecule has 2 aromatic carbocycles. The van der Waals surface area contributed by atoms with Crippen molar-refractivity contribution in [1.82, 2.24) is 19.7 Å². The first-order valence-electron chi connectivity index (χ1n) is 11.4. The number of anilines is 2. The summed E-state index contributed by atoms with van der Waals surface area (Å²) in [6.07, 6.45) is 3.43. The van der Waals surface area contributed by atoms with Crippen LogP contribution in [0.4, 0.5) is 11.4 Å². The first-order valence-corrected chi connectivity index (χ1v) is 12.4. The third-order valence-electron chi connectivity index (χ3n) is 5.51. The number of hydrogen-bond donors (Lipinski definition) is 1. The molecule has 0 bridgehead atoms. The molecule has 1 amide bonds. The topological polar surface area (TPSA) is 85.2 Å². The van der Waals surface area contributed by atoms with Gasteiger partial charge < -0.3 is 15.0 Å². The minimum absolute atomic E-state index is 0.111. The maximum atomic E-state index is 12.7. The van der Waals surface area contributed by atoms with Gasteiger partial charge in [0, 0.05) is 48.1 Å². The Morgan fingerprint density at radius 1 is 0.971 bits per heavy atom. The van der Waals surface area contributed by atoms with Crippen LogP contribution in [0.25, 0.3) is 17.1 Å². The van der Waals surface area contributed by atoms with E-state index in [1.165, 1.54) is 11.8 Å². The molecule has 0 atom stereocenters. The summed E-state index contributed by atoms with van der Waals surface area (Å²) in [5, 5.41) is 12.4. The lowest BCUT2D eigenvalue weighted by atomic mass is 10.2. The molecule has 35 heavy (non-hydrogen) atoms. The number of benzene rings is 2. The van der Waals surface area contributed by atoms with Crippen LogP contribution in [0.5, 0.6) is 5.75 Å². The van der Waals surface area contributed by atoms with Crippen molar-refractivity contribution in [2.24, 2.45) is 0 Å². The number of ether oxygens (including phenoxy) is 1. The molecule has 0 aliphatic carbocycles. The first-order chi connectivity index (χ1) is 17.1. The average molecular weight is 489 g/mol. The molecule has 0 saturated carbocycles. The summed E-state index contributed by atoms with van der Waals surface area (Å²) in [5.41, 5.74) is 3.66. The van der Waals surface area contributed by atoms with Gasteiger partial charge in [0.25, 0.3) is 0 Å².